The van der Waals surface area contributed by atoms with Gasteiger partial charge in [0.2, 0.25) is 0 Å². The smallest absolute Gasteiger partial charge is 0.133 e. The van der Waals surface area contributed by atoms with E-state index in [0.717, 1.165) is 28.2 Å². The predicted molar refractivity (Wildman–Crippen MR) is 71.2 cm³/mol. The summed E-state index contributed by atoms with van der Waals surface area (Å²) in [6.45, 7) is 1.11. The molecule has 0 amide bonds. The first-order valence-electron chi connectivity index (χ1n) is 5.92. The van der Waals surface area contributed by atoms with Crippen molar-refractivity contribution in [3.63, 3.8) is 0 Å². The molecular formula is C13H18BrNO2. The Hall–Kier alpha value is -0.580. The van der Waals surface area contributed by atoms with E-state index in [1.165, 1.54) is 12.8 Å². The van der Waals surface area contributed by atoms with Crippen LogP contribution in [0.1, 0.15) is 24.4 Å². The number of aliphatic hydroxyl groups excluding tert-OH is 1. The normalized spacial score (nSPS) is 16.9. The molecule has 0 heterocycles. The molecule has 0 aliphatic heterocycles. The van der Waals surface area contributed by atoms with Crippen molar-refractivity contribution in [1.82, 2.24) is 5.32 Å². The molecule has 0 spiro atoms. The zero-order valence-corrected chi connectivity index (χ0v) is 11.5. The third kappa shape index (κ3) is 3.44. The van der Waals surface area contributed by atoms with Crippen LogP contribution in [0.2, 0.25) is 0 Å². The lowest BCUT2D eigenvalue weighted by Crippen LogP contribution is -2.26. The van der Waals surface area contributed by atoms with Crippen LogP contribution < -0.4 is 10.1 Å². The fourth-order valence-corrected chi connectivity index (χ4v) is 2.38. The van der Waals surface area contributed by atoms with E-state index in [9.17, 15) is 5.11 Å². The van der Waals surface area contributed by atoms with Gasteiger partial charge < -0.3 is 15.2 Å². The molecule has 4 heteroatoms. The van der Waals surface area contributed by atoms with E-state index in [-0.39, 0.29) is 12.6 Å². The monoisotopic (exact) mass is 299 g/mol. The number of hydrogen-bond donors (Lipinski definition) is 2. The lowest BCUT2D eigenvalue weighted by Gasteiger charge is -2.17. The number of rotatable bonds is 6. The second-order valence-electron chi connectivity index (χ2n) is 4.48. The highest BCUT2D eigenvalue weighted by Crippen LogP contribution is 2.30. The third-order valence-electron chi connectivity index (χ3n) is 3.11. The average Bonchev–Trinajstić information content (AvgIpc) is 3.14. The first kappa shape index (κ1) is 12.9. The second kappa shape index (κ2) is 5.85. The van der Waals surface area contributed by atoms with Crippen LogP contribution in [0.15, 0.2) is 22.7 Å². The molecule has 17 heavy (non-hydrogen) atoms. The maximum Gasteiger partial charge on any atom is 0.133 e. The second-order valence-corrected chi connectivity index (χ2v) is 5.34. The molecule has 1 aliphatic rings. The molecule has 1 unspecified atom stereocenters. The quantitative estimate of drug-likeness (QED) is 0.848. The largest absolute Gasteiger partial charge is 0.496 e. The number of methoxy groups -OCH3 is 1. The Morgan fingerprint density at radius 3 is 2.82 bits per heavy atom. The molecule has 0 aromatic heterocycles. The highest BCUT2D eigenvalue weighted by atomic mass is 79.9. The molecule has 1 aliphatic carbocycles. The molecule has 94 valence electrons. The fraction of sp³-hybridized carbons (Fsp3) is 0.538. The van der Waals surface area contributed by atoms with Gasteiger partial charge in [-0.3, -0.25) is 0 Å². The van der Waals surface area contributed by atoms with Gasteiger partial charge in [-0.25, -0.2) is 0 Å². The van der Waals surface area contributed by atoms with Gasteiger partial charge in [0.1, 0.15) is 5.75 Å². The van der Waals surface area contributed by atoms with Crippen LogP contribution in [0.25, 0.3) is 0 Å². The summed E-state index contributed by atoms with van der Waals surface area (Å²) >= 11 is 3.46. The summed E-state index contributed by atoms with van der Waals surface area (Å²) in [5.74, 6) is 1.62. The lowest BCUT2D eigenvalue weighted by atomic mass is 10.1. The molecule has 2 rings (SSSR count). The van der Waals surface area contributed by atoms with E-state index >= 15 is 0 Å². The minimum atomic E-state index is 0.0119. The summed E-state index contributed by atoms with van der Waals surface area (Å²) in [5, 5.41) is 12.8. The van der Waals surface area contributed by atoms with Gasteiger partial charge in [0.25, 0.3) is 0 Å². The predicted octanol–water partition coefficient (Wildman–Crippen LogP) is 2.49. The Balaban J connectivity index is 2.03. The summed E-state index contributed by atoms with van der Waals surface area (Å²) < 4.78 is 6.11. The first-order chi connectivity index (χ1) is 8.24. The van der Waals surface area contributed by atoms with Gasteiger partial charge >= 0.3 is 0 Å². The Kier molecular flexibility index (Phi) is 4.42. The van der Waals surface area contributed by atoms with Crippen molar-refractivity contribution < 1.29 is 9.84 Å². The standard InChI is InChI=1S/C13H18BrNO2/c1-17-13-5-4-10(6-11(13)14)12(8-16)15-7-9-2-3-9/h4-6,9,12,15-16H,2-3,7-8H2,1H3. The molecule has 0 radical (unpaired) electrons. The summed E-state index contributed by atoms with van der Waals surface area (Å²) in [4.78, 5) is 0. The van der Waals surface area contributed by atoms with E-state index in [0.29, 0.717) is 0 Å². The van der Waals surface area contributed by atoms with Gasteiger partial charge in [-0.1, -0.05) is 6.07 Å². The Labute approximate surface area is 110 Å². The van der Waals surface area contributed by atoms with Crippen LogP contribution in [0.5, 0.6) is 5.75 Å². The Bertz CT molecular complexity index is 380. The molecule has 1 aromatic carbocycles. The highest BCUT2D eigenvalue weighted by molar-refractivity contribution is 9.10. The third-order valence-corrected chi connectivity index (χ3v) is 3.73. The topological polar surface area (TPSA) is 41.5 Å². The molecule has 1 atom stereocenters. The van der Waals surface area contributed by atoms with E-state index in [1.807, 2.05) is 18.2 Å². The maximum atomic E-state index is 9.42. The number of hydrogen-bond acceptors (Lipinski definition) is 3. The average molecular weight is 300 g/mol. The molecule has 2 N–H and O–H groups in total. The van der Waals surface area contributed by atoms with E-state index < -0.39 is 0 Å². The van der Waals surface area contributed by atoms with Crippen molar-refractivity contribution >= 4 is 15.9 Å². The van der Waals surface area contributed by atoms with Crippen LogP contribution in [-0.4, -0.2) is 25.4 Å². The SMILES string of the molecule is COc1ccc(C(CO)NCC2CC2)cc1Br. The zero-order valence-electron chi connectivity index (χ0n) is 9.95. The molecule has 1 aromatic rings. The maximum absolute atomic E-state index is 9.42. The molecule has 1 saturated carbocycles. The van der Waals surface area contributed by atoms with Crippen LogP contribution >= 0.6 is 15.9 Å². The molecule has 0 saturated heterocycles. The molecular weight excluding hydrogens is 282 g/mol. The van der Waals surface area contributed by atoms with Gasteiger partial charge in [0, 0.05) is 0 Å². The van der Waals surface area contributed by atoms with Gasteiger partial charge in [-0.2, -0.15) is 0 Å². The van der Waals surface area contributed by atoms with E-state index in [1.54, 1.807) is 7.11 Å². The summed E-state index contributed by atoms with van der Waals surface area (Å²) in [6, 6.07) is 5.92. The lowest BCUT2D eigenvalue weighted by molar-refractivity contribution is 0.243. The van der Waals surface area contributed by atoms with Crippen molar-refractivity contribution in [3.05, 3.63) is 28.2 Å². The molecule has 3 nitrogen and oxygen atoms in total. The number of aliphatic hydroxyl groups is 1. The first-order valence-corrected chi connectivity index (χ1v) is 6.71. The number of nitrogens with one attached hydrogen (secondary N) is 1. The van der Waals surface area contributed by atoms with Crippen LogP contribution in [-0.2, 0) is 0 Å². The van der Waals surface area contributed by atoms with Gasteiger partial charge in [0.15, 0.2) is 0 Å². The van der Waals surface area contributed by atoms with Gasteiger partial charge in [0.05, 0.1) is 24.2 Å². The Morgan fingerprint density at radius 2 is 2.29 bits per heavy atom. The van der Waals surface area contributed by atoms with Crippen LogP contribution in [0, 0.1) is 5.92 Å². The summed E-state index contributed by atoms with van der Waals surface area (Å²) in [7, 11) is 1.65. The zero-order chi connectivity index (χ0) is 12.3. The summed E-state index contributed by atoms with van der Waals surface area (Å²) in [5.41, 5.74) is 1.08. The fourth-order valence-electron chi connectivity index (χ4n) is 1.82. The van der Waals surface area contributed by atoms with Crippen molar-refractivity contribution in [2.75, 3.05) is 20.3 Å². The van der Waals surface area contributed by atoms with Gasteiger partial charge in [-0.05, 0) is 58.9 Å². The van der Waals surface area contributed by atoms with Crippen molar-refractivity contribution in [2.24, 2.45) is 5.92 Å². The number of benzene rings is 1. The summed E-state index contributed by atoms with van der Waals surface area (Å²) in [6.07, 6.45) is 2.63. The minimum absolute atomic E-state index is 0.0119. The van der Waals surface area contributed by atoms with Crippen molar-refractivity contribution in [3.8, 4) is 5.75 Å². The molecule has 1 fully saturated rings. The highest BCUT2D eigenvalue weighted by Gasteiger charge is 2.22. The number of ether oxygens (including phenoxy) is 1. The Morgan fingerprint density at radius 1 is 1.53 bits per heavy atom. The van der Waals surface area contributed by atoms with E-state index in [2.05, 4.69) is 21.2 Å². The molecule has 0 bridgehead atoms. The van der Waals surface area contributed by atoms with E-state index in [4.69, 9.17) is 4.74 Å². The number of halogens is 1. The van der Waals surface area contributed by atoms with Crippen LogP contribution in [0.3, 0.4) is 0 Å². The van der Waals surface area contributed by atoms with Gasteiger partial charge in [-0.15, -0.1) is 0 Å². The van der Waals surface area contributed by atoms with Crippen LogP contribution in [0.4, 0.5) is 0 Å². The minimum Gasteiger partial charge on any atom is -0.496 e. The van der Waals surface area contributed by atoms with Crippen molar-refractivity contribution in [2.45, 2.75) is 18.9 Å². The van der Waals surface area contributed by atoms with Crippen molar-refractivity contribution in [1.29, 1.82) is 0 Å².